The topological polar surface area (TPSA) is 55.1 Å². The van der Waals surface area contributed by atoms with Crippen LogP contribution in [0.4, 0.5) is 18.9 Å². The van der Waals surface area contributed by atoms with Crippen LogP contribution < -0.4 is 11.1 Å². The molecule has 0 aromatic heterocycles. The number of carbonyl (C=O) groups excluding carboxylic acids is 1. The van der Waals surface area contributed by atoms with Crippen molar-refractivity contribution in [2.24, 2.45) is 11.1 Å². The molecule has 1 aromatic carbocycles. The van der Waals surface area contributed by atoms with E-state index in [9.17, 15) is 18.0 Å². The predicted octanol–water partition coefficient (Wildman–Crippen LogP) is 1.78. The molecule has 2 rings (SSSR count). The fraction of sp³-hybridized carbons (Fsp3) is 0.364. The van der Waals surface area contributed by atoms with Gasteiger partial charge in [0.05, 0.1) is 5.41 Å². The molecule has 17 heavy (non-hydrogen) atoms. The number of hydrogen-bond acceptors (Lipinski definition) is 2. The van der Waals surface area contributed by atoms with Crippen molar-refractivity contribution in [1.82, 2.24) is 0 Å². The lowest BCUT2D eigenvalue weighted by Crippen LogP contribution is -2.30. The van der Waals surface area contributed by atoms with Crippen LogP contribution in [0.5, 0.6) is 0 Å². The highest BCUT2D eigenvalue weighted by Crippen LogP contribution is 2.45. The first-order valence-electron chi connectivity index (χ1n) is 5.14. The van der Waals surface area contributed by atoms with Crippen molar-refractivity contribution in [3.63, 3.8) is 0 Å². The summed E-state index contributed by atoms with van der Waals surface area (Å²) in [7, 11) is 0. The molecule has 0 aliphatic heterocycles. The Balaban J connectivity index is 2.17. The first-order chi connectivity index (χ1) is 7.98. The van der Waals surface area contributed by atoms with Gasteiger partial charge in [-0.2, -0.15) is 0 Å². The molecule has 0 bridgehead atoms. The molecule has 1 saturated carbocycles. The second-order valence-electron chi connectivity index (χ2n) is 4.19. The number of anilines is 1. The van der Waals surface area contributed by atoms with Crippen molar-refractivity contribution >= 4 is 11.6 Å². The van der Waals surface area contributed by atoms with Gasteiger partial charge in [0.2, 0.25) is 5.91 Å². The SMILES string of the molecule is NCC1(C(=O)Nc2cc(F)c(F)c(F)c2)CC1. The van der Waals surface area contributed by atoms with E-state index in [1.165, 1.54) is 0 Å². The van der Waals surface area contributed by atoms with Gasteiger partial charge in [0, 0.05) is 24.4 Å². The van der Waals surface area contributed by atoms with Gasteiger partial charge in [0.1, 0.15) is 0 Å². The highest BCUT2D eigenvalue weighted by atomic mass is 19.2. The maximum absolute atomic E-state index is 12.9. The molecule has 6 heteroatoms. The first kappa shape index (κ1) is 11.9. The molecule has 0 spiro atoms. The fourth-order valence-electron chi connectivity index (χ4n) is 1.57. The van der Waals surface area contributed by atoms with Gasteiger partial charge >= 0.3 is 0 Å². The number of rotatable bonds is 3. The molecule has 0 heterocycles. The van der Waals surface area contributed by atoms with Gasteiger partial charge in [-0.05, 0) is 12.8 Å². The molecule has 1 amide bonds. The summed E-state index contributed by atoms with van der Waals surface area (Å²) in [4.78, 5) is 11.7. The van der Waals surface area contributed by atoms with Crippen molar-refractivity contribution in [3.8, 4) is 0 Å². The Morgan fingerprint density at radius 3 is 2.24 bits per heavy atom. The molecule has 1 aliphatic rings. The van der Waals surface area contributed by atoms with E-state index in [-0.39, 0.29) is 18.1 Å². The van der Waals surface area contributed by atoms with E-state index < -0.39 is 22.9 Å². The second kappa shape index (κ2) is 4.03. The minimum atomic E-state index is -1.55. The van der Waals surface area contributed by atoms with Crippen LogP contribution in [-0.4, -0.2) is 12.5 Å². The molecule has 1 aromatic rings. The number of carbonyl (C=O) groups is 1. The minimum Gasteiger partial charge on any atom is -0.329 e. The maximum Gasteiger partial charge on any atom is 0.231 e. The summed E-state index contributed by atoms with van der Waals surface area (Å²) in [6.45, 7) is 0.186. The molecule has 3 nitrogen and oxygen atoms in total. The Bertz CT molecular complexity index is 449. The smallest absolute Gasteiger partial charge is 0.231 e. The largest absolute Gasteiger partial charge is 0.329 e. The number of halogens is 3. The molecule has 0 radical (unpaired) electrons. The van der Waals surface area contributed by atoms with Crippen molar-refractivity contribution in [2.75, 3.05) is 11.9 Å². The van der Waals surface area contributed by atoms with E-state index in [1.54, 1.807) is 0 Å². The molecule has 92 valence electrons. The molecular weight excluding hydrogens is 233 g/mol. The summed E-state index contributed by atoms with van der Waals surface area (Å²) >= 11 is 0. The Morgan fingerprint density at radius 1 is 1.29 bits per heavy atom. The molecule has 0 saturated heterocycles. The Kier molecular flexibility index (Phi) is 2.82. The monoisotopic (exact) mass is 244 g/mol. The number of amides is 1. The number of benzene rings is 1. The summed E-state index contributed by atoms with van der Waals surface area (Å²) in [6, 6.07) is 1.48. The minimum absolute atomic E-state index is 0.105. The van der Waals surface area contributed by atoms with Crippen molar-refractivity contribution in [3.05, 3.63) is 29.6 Å². The van der Waals surface area contributed by atoms with Crippen molar-refractivity contribution in [1.29, 1.82) is 0 Å². The number of nitrogens with one attached hydrogen (secondary N) is 1. The van der Waals surface area contributed by atoms with E-state index >= 15 is 0 Å². The van der Waals surface area contributed by atoms with Crippen molar-refractivity contribution in [2.45, 2.75) is 12.8 Å². The van der Waals surface area contributed by atoms with Gasteiger partial charge in [-0.25, -0.2) is 13.2 Å². The van der Waals surface area contributed by atoms with Gasteiger partial charge in [-0.15, -0.1) is 0 Å². The molecule has 3 N–H and O–H groups in total. The van der Waals surface area contributed by atoms with Crippen LogP contribution in [0.15, 0.2) is 12.1 Å². The zero-order valence-corrected chi connectivity index (χ0v) is 8.90. The average Bonchev–Trinajstić information content (AvgIpc) is 3.06. The normalized spacial score (nSPS) is 16.7. The van der Waals surface area contributed by atoms with E-state index in [2.05, 4.69) is 5.32 Å². The van der Waals surface area contributed by atoms with Crippen LogP contribution in [0.2, 0.25) is 0 Å². The van der Waals surface area contributed by atoms with Crippen LogP contribution in [0, 0.1) is 22.9 Å². The van der Waals surface area contributed by atoms with Gasteiger partial charge < -0.3 is 11.1 Å². The lowest BCUT2D eigenvalue weighted by molar-refractivity contribution is -0.120. The number of hydrogen-bond donors (Lipinski definition) is 2. The molecule has 0 atom stereocenters. The standard InChI is InChI=1S/C11H11F3N2O/c12-7-3-6(4-8(13)9(7)14)16-10(17)11(5-15)1-2-11/h3-4H,1-2,5,15H2,(H,16,17). The maximum atomic E-state index is 12.9. The van der Waals surface area contributed by atoms with E-state index in [0.717, 1.165) is 12.1 Å². The number of nitrogens with two attached hydrogens (primary N) is 1. The summed E-state index contributed by atoms with van der Waals surface area (Å²) in [6.07, 6.45) is 1.31. The molecule has 1 fully saturated rings. The Hall–Kier alpha value is -1.56. The van der Waals surface area contributed by atoms with Crippen LogP contribution in [0.25, 0.3) is 0 Å². The van der Waals surface area contributed by atoms with Crippen LogP contribution >= 0.6 is 0 Å². The lowest BCUT2D eigenvalue weighted by Gasteiger charge is -2.13. The third kappa shape index (κ3) is 2.12. The fourth-order valence-corrected chi connectivity index (χ4v) is 1.57. The molecule has 1 aliphatic carbocycles. The third-order valence-electron chi connectivity index (χ3n) is 2.97. The zero-order valence-electron chi connectivity index (χ0n) is 8.90. The lowest BCUT2D eigenvalue weighted by atomic mass is 10.1. The van der Waals surface area contributed by atoms with Crippen LogP contribution in [0.3, 0.4) is 0 Å². The van der Waals surface area contributed by atoms with Gasteiger partial charge in [0.25, 0.3) is 0 Å². The second-order valence-corrected chi connectivity index (χ2v) is 4.19. The highest BCUT2D eigenvalue weighted by Gasteiger charge is 2.48. The summed E-state index contributed by atoms with van der Waals surface area (Å²) in [5, 5.41) is 2.34. The van der Waals surface area contributed by atoms with Crippen molar-refractivity contribution < 1.29 is 18.0 Å². The Morgan fingerprint density at radius 2 is 1.82 bits per heavy atom. The van der Waals surface area contributed by atoms with E-state index in [4.69, 9.17) is 5.73 Å². The summed E-state index contributed by atoms with van der Waals surface area (Å²) in [5.74, 6) is -4.61. The predicted molar refractivity (Wildman–Crippen MR) is 55.7 cm³/mol. The third-order valence-corrected chi connectivity index (χ3v) is 2.97. The first-order valence-corrected chi connectivity index (χ1v) is 5.14. The average molecular weight is 244 g/mol. The van der Waals surface area contributed by atoms with Gasteiger partial charge in [-0.1, -0.05) is 0 Å². The van der Waals surface area contributed by atoms with E-state index in [0.29, 0.717) is 12.8 Å². The van der Waals surface area contributed by atoms with Gasteiger partial charge in [0.15, 0.2) is 17.5 Å². The van der Waals surface area contributed by atoms with Gasteiger partial charge in [-0.3, -0.25) is 4.79 Å². The van der Waals surface area contributed by atoms with Crippen LogP contribution in [-0.2, 0) is 4.79 Å². The summed E-state index contributed by atoms with van der Waals surface area (Å²) in [5.41, 5.74) is 4.71. The van der Waals surface area contributed by atoms with E-state index in [1.807, 2.05) is 0 Å². The highest BCUT2D eigenvalue weighted by molar-refractivity contribution is 5.97. The van der Waals surface area contributed by atoms with Crippen LogP contribution in [0.1, 0.15) is 12.8 Å². The zero-order chi connectivity index (χ0) is 12.6. The molecular formula is C11H11F3N2O. The Labute approximate surface area is 95.8 Å². The quantitative estimate of drug-likeness (QED) is 0.796. The summed E-state index contributed by atoms with van der Waals surface area (Å²) < 4.78 is 38.5. The molecule has 0 unspecified atom stereocenters.